The number of hydrogen-bond donors (Lipinski definition) is 6. The van der Waals surface area contributed by atoms with Crippen LogP contribution in [0.3, 0.4) is 0 Å². The fourth-order valence-corrected chi connectivity index (χ4v) is 2.87. The van der Waals surface area contributed by atoms with Crippen molar-refractivity contribution in [3.8, 4) is 0 Å². The molecule has 1 aromatic rings. The number of nitrogens with one attached hydrogen (secondary N) is 3. The molecule has 0 aromatic heterocycles. The predicted octanol–water partition coefficient (Wildman–Crippen LogP) is -0.364. The van der Waals surface area contributed by atoms with Crippen LogP contribution in [0.25, 0.3) is 0 Å². The van der Waals surface area contributed by atoms with Crippen molar-refractivity contribution in [3.05, 3.63) is 35.9 Å². The maximum atomic E-state index is 12.9. The van der Waals surface area contributed by atoms with Crippen LogP contribution in [0, 0.1) is 5.92 Å². The minimum Gasteiger partial charge on any atom is -0.481 e. The molecule has 5 atom stereocenters. The highest BCUT2D eigenvalue weighted by molar-refractivity contribution is 5.95. The lowest BCUT2D eigenvalue weighted by Crippen LogP contribution is -2.58. The van der Waals surface area contributed by atoms with E-state index in [2.05, 4.69) is 16.0 Å². The van der Waals surface area contributed by atoms with Crippen LogP contribution in [-0.2, 0) is 30.4 Å². The van der Waals surface area contributed by atoms with Gasteiger partial charge in [-0.3, -0.25) is 24.0 Å². The molecule has 0 aliphatic heterocycles. The molecule has 0 radical (unpaired) electrons. The first kappa shape index (κ1) is 27.6. The lowest BCUT2D eigenvalue weighted by atomic mass is 9.98. The van der Waals surface area contributed by atoms with Crippen LogP contribution in [0.2, 0.25) is 0 Å². The molecular formula is C22H32N4O7. The maximum absolute atomic E-state index is 12.9. The molecule has 3 amide bonds. The summed E-state index contributed by atoms with van der Waals surface area (Å²) in [6.07, 6.45) is -0.105. The highest BCUT2D eigenvalue weighted by atomic mass is 16.4. The molecule has 0 saturated heterocycles. The van der Waals surface area contributed by atoms with Crippen molar-refractivity contribution < 1.29 is 34.2 Å². The molecule has 1 aromatic carbocycles. The van der Waals surface area contributed by atoms with E-state index in [0.717, 1.165) is 0 Å². The summed E-state index contributed by atoms with van der Waals surface area (Å²) in [7, 11) is 0. The average molecular weight is 465 g/mol. The number of carboxylic acid groups (broad SMARTS) is 2. The third-order valence-electron chi connectivity index (χ3n) is 5.22. The predicted molar refractivity (Wildman–Crippen MR) is 119 cm³/mol. The number of rotatable bonds is 13. The Balaban J connectivity index is 3.07. The molecule has 0 bridgehead atoms. The Labute approximate surface area is 192 Å². The van der Waals surface area contributed by atoms with E-state index in [1.807, 2.05) is 6.92 Å². The zero-order valence-electron chi connectivity index (χ0n) is 18.9. The molecule has 11 nitrogen and oxygen atoms in total. The molecule has 7 N–H and O–H groups in total. The molecule has 0 aliphatic rings. The van der Waals surface area contributed by atoms with Gasteiger partial charge in [0.2, 0.25) is 17.7 Å². The van der Waals surface area contributed by atoms with E-state index in [1.54, 1.807) is 37.3 Å². The molecule has 0 spiro atoms. The van der Waals surface area contributed by atoms with Crippen LogP contribution in [-0.4, -0.2) is 64.0 Å². The van der Waals surface area contributed by atoms with Gasteiger partial charge in [0, 0.05) is 6.42 Å². The van der Waals surface area contributed by atoms with Crippen LogP contribution < -0.4 is 21.7 Å². The fraction of sp³-hybridized carbons (Fsp3) is 0.500. The molecule has 11 heteroatoms. The second-order valence-corrected chi connectivity index (χ2v) is 7.89. The molecule has 0 fully saturated rings. The van der Waals surface area contributed by atoms with E-state index in [0.29, 0.717) is 12.0 Å². The van der Waals surface area contributed by atoms with Gasteiger partial charge in [-0.1, -0.05) is 50.6 Å². The molecule has 0 heterocycles. The van der Waals surface area contributed by atoms with Gasteiger partial charge in [0.25, 0.3) is 0 Å². The summed E-state index contributed by atoms with van der Waals surface area (Å²) in [5.41, 5.74) is 6.55. The number of aliphatic carboxylic acids is 2. The summed E-state index contributed by atoms with van der Waals surface area (Å²) in [4.78, 5) is 60.4. The second kappa shape index (κ2) is 13.2. The normalized spacial score (nSPS) is 15.3. The second-order valence-electron chi connectivity index (χ2n) is 7.89. The lowest BCUT2D eigenvalue weighted by Gasteiger charge is -2.25. The highest BCUT2D eigenvalue weighted by Gasteiger charge is 2.31. The Hall–Kier alpha value is -3.47. The topological polar surface area (TPSA) is 188 Å². The first-order valence-electron chi connectivity index (χ1n) is 10.6. The number of benzene rings is 1. The average Bonchev–Trinajstić information content (AvgIpc) is 2.77. The summed E-state index contributed by atoms with van der Waals surface area (Å²) in [5, 5.41) is 25.3. The Bertz CT molecular complexity index is 846. The summed E-state index contributed by atoms with van der Waals surface area (Å²) in [5.74, 6) is -5.15. The van der Waals surface area contributed by atoms with Crippen LogP contribution in [0.5, 0.6) is 0 Å². The molecule has 0 saturated carbocycles. The number of carbonyl (C=O) groups is 5. The fourth-order valence-electron chi connectivity index (χ4n) is 2.87. The van der Waals surface area contributed by atoms with Gasteiger partial charge in [0.1, 0.15) is 18.1 Å². The third-order valence-corrected chi connectivity index (χ3v) is 5.22. The smallest absolute Gasteiger partial charge is 0.325 e. The van der Waals surface area contributed by atoms with E-state index in [-0.39, 0.29) is 12.3 Å². The molecule has 1 rings (SSSR count). The highest BCUT2D eigenvalue weighted by Crippen LogP contribution is 2.08. The largest absolute Gasteiger partial charge is 0.481 e. The molecular weight excluding hydrogens is 432 g/mol. The summed E-state index contributed by atoms with van der Waals surface area (Å²) in [6.45, 7) is 4.86. The first-order valence-corrected chi connectivity index (χ1v) is 10.6. The number of carbonyl (C=O) groups excluding carboxylic acids is 3. The Morgan fingerprint density at radius 2 is 1.42 bits per heavy atom. The van der Waals surface area contributed by atoms with Crippen LogP contribution in [0.15, 0.2) is 30.3 Å². The van der Waals surface area contributed by atoms with E-state index in [4.69, 9.17) is 10.8 Å². The van der Waals surface area contributed by atoms with Gasteiger partial charge >= 0.3 is 11.9 Å². The molecule has 33 heavy (non-hydrogen) atoms. The molecule has 0 aliphatic carbocycles. The van der Waals surface area contributed by atoms with Gasteiger partial charge in [-0.15, -0.1) is 0 Å². The monoisotopic (exact) mass is 464 g/mol. The Kier molecular flexibility index (Phi) is 11.0. The minimum atomic E-state index is -1.48. The minimum absolute atomic E-state index is 0.0187. The zero-order chi connectivity index (χ0) is 25.1. The maximum Gasteiger partial charge on any atom is 0.325 e. The summed E-state index contributed by atoms with van der Waals surface area (Å²) in [6, 6.07) is 3.82. The van der Waals surface area contributed by atoms with Crippen molar-refractivity contribution in [2.24, 2.45) is 11.7 Å². The standard InChI is InChI=1S/C22H32N4O7/c1-4-12(2)18(23)21(31)26-16(11-17(27)28)20(30)25-15(10-14-8-6-5-7-9-14)19(29)24-13(3)22(32)33/h5-9,12-13,15-16,18H,4,10-11,23H2,1-3H3,(H,24,29)(H,25,30)(H,26,31)(H,27,28)(H,32,33). The Morgan fingerprint density at radius 1 is 0.879 bits per heavy atom. The van der Waals surface area contributed by atoms with Crippen LogP contribution in [0.4, 0.5) is 0 Å². The van der Waals surface area contributed by atoms with Gasteiger partial charge in [0.05, 0.1) is 12.5 Å². The number of carboxylic acids is 2. The van der Waals surface area contributed by atoms with Crippen molar-refractivity contribution in [1.82, 2.24) is 16.0 Å². The molecule has 182 valence electrons. The SMILES string of the molecule is CCC(C)C(N)C(=O)NC(CC(=O)O)C(=O)NC(Cc1ccccc1)C(=O)NC(C)C(=O)O. The quantitative estimate of drug-likeness (QED) is 0.228. The summed E-state index contributed by atoms with van der Waals surface area (Å²) >= 11 is 0. The van der Waals surface area contributed by atoms with Gasteiger partial charge in [-0.05, 0) is 18.4 Å². The van der Waals surface area contributed by atoms with Crippen LogP contribution >= 0.6 is 0 Å². The van der Waals surface area contributed by atoms with E-state index in [9.17, 15) is 29.1 Å². The number of hydrogen-bond acceptors (Lipinski definition) is 6. The molecule has 5 unspecified atom stereocenters. The van der Waals surface area contributed by atoms with Gasteiger partial charge in [-0.25, -0.2) is 0 Å². The van der Waals surface area contributed by atoms with Crippen molar-refractivity contribution >= 4 is 29.7 Å². The van der Waals surface area contributed by atoms with Crippen molar-refractivity contribution in [3.63, 3.8) is 0 Å². The summed E-state index contributed by atoms with van der Waals surface area (Å²) < 4.78 is 0. The van der Waals surface area contributed by atoms with E-state index in [1.165, 1.54) is 6.92 Å². The number of nitrogens with two attached hydrogens (primary N) is 1. The third kappa shape index (κ3) is 9.27. The van der Waals surface area contributed by atoms with E-state index < -0.39 is 60.2 Å². The van der Waals surface area contributed by atoms with Gasteiger partial charge < -0.3 is 31.9 Å². The Morgan fingerprint density at radius 3 is 1.94 bits per heavy atom. The van der Waals surface area contributed by atoms with Gasteiger partial charge in [-0.2, -0.15) is 0 Å². The van der Waals surface area contributed by atoms with Gasteiger partial charge in [0.15, 0.2) is 0 Å². The van der Waals surface area contributed by atoms with Crippen molar-refractivity contribution in [2.45, 2.75) is 64.2 Å². The van der Waals surface area contributed by atoms with Crippen molar-refractivity contribution in [1.29, 1.82) is 0 Å². The van der Waals surface area contributed by atoms with Crippen LogP contribution in [0.1, 0.15) is 39.2 Å². The number of amides is 3. The zero-order valence-corrected chi connectivity index (χ0v) is 18.9. The first-order chi connectivity index (χ1) is 15.5. The van der Waals surface area contributed by atoms with E-state index >= 15 is 0 Å². The van der Waals surface area contributed by atoms with Crippen molar-refractivity contribution in [2.75, 3.05) is 0 Å². The lowest BCUT2D eigenvalue weighted by molar-refractivity contribution is -0.143.